The zero-order chi connectivity index (χ0) is 24.8. The number of piperidine rings is 1. The molecular formula is C29H43N3S. The smallest absolute Gasteiger partial charge is 0.0722 e. The normalized spacial score (nSPS) is 16.0. The minimum absolute atomic E-state index is 0.412. The quantitative estimate of drug-likeness (QED) is 0.187. The van der Waals surface area contributed by atoms with Crippen LogP contribution in [0.1, 0.15) is 65.9 Å². The molecule has 0 aromatic heterocycles. The van der Waals surface area contributed by atoms with Crippen molar-refractivity contribution in [3.05, 3.63) is 77.6 Å². The predicted octanol–water partition coefficient (Wildman–Crippen LogP) is 7.52. The van der Waals surface area contributed by atoms with Gasteiger partial charge >= 0.3 is 0 Å². The summed E-state index contributed by atoms with van der Waals surface area (Å²) in [5.41, 5.74) is 13.0. The summed E-state index contributed by atoms with van der Waals surface area (Å²) in [6, 6.07) is 8.98. The van der Waals surface area contributed by atoms with Crippen LogP contribution in [0.4, 0.5) is 5.69 Å². The molecule has 0 bridgehead atoms. The molecule has 1 saturated heterocycles. The van der Waals surface area contributed by atoms with Crippen LogP contribution in [0.25, 0.3) is 0 Å². The third-order valence-electron chi connectivity index (χ3n) is 5.53. The van der Waals surface area contributed by atoms with Gasteiger partial charge in [-0.2, -0.15) is 0 Å². The third-order valence-corrected chi connectivity index (χ3v) is 5.74. The largest absolute Gasteiger partial charge is 0.371 e. The van der Waals surface area contributed by atoms with E-state index >= 15 is 0 Å². The SMILES string of the molecule is C=C(C)/C=C(\C=C/CC(C)=N/C(=C\C)C(C)=S)CC.Cc1ccccc1N1CCC(N)CC1. The Labute approximate surface area is 207 Å². The van der Waals surface area contributed by atoms with Gasteiger partial charge in [-0.15, -0.1) is 0 Å². The summed E-state index contributed by atoms with van der Waals surface area (Å²) in [7, 11) is 0. The maximum absolute atomic E-state index is 5.89. The molecule has 4 heteroatoms. The van der Waals surface area contributed by atoms with Crippen molar-refractivity contribution in [2.75, 3.05) is 18.0 Å². The second-order valence-electron chi connectivity index (χ2n) is 8.71. The minimum atomic E-state index is 0.412. The molecule has 1 aliphatic rings. The van der Waals surface area contributed by atoms with Crippen LogP contribution in [0.5, 0.6) is 0 Å². The topological polar surface area (TPSA) is 41.6 Å². The molecule has 2 N–H and O–H groups in total. The molecule has 3 nitrogen and oxygen atoms in total. The van der Waals surface area contributed by atoms with E-state index in [9.17, 15) is 0 Å². The number of nitrogens with two attached hydrogens (primary N) is 1. The lowest BCUT2D eigenvalue weighted by atomic mass is 10.0. The highest BCUT2D eigenvalue weighted by Crippen LogP contribution is 2.22. The number of aryl methyl sites for hydroxylation is 1. The summed E-state index contributed by atoms with van der Waals surface area (Å²) in [5, 5.41) is 0. The van der Waals surface area contributed by atoms with Gasteiger partial charge in [0.05, 0.1) is 5.70 Å². The average molecular weight is 466 g/mol. The van der Waals surface area contributed by atoms with Crippen molar-refractivity contribution in [2.24, 2.45) is 10.7 Å². The number of allylic oxidation sites excluding steroid dienone is 7. The van der Waals surface area contributed by atoms with Crippen molar-refractivity contribution in [3.8, 4) is 0 Å². The highest BCUT2D eigenvalue weighted by molar-refractivity contribution is 7.80. The molecule has 1 heterocycles. The molecule has 0 spiro atoms. The number of para-hydroxylation sites is 1. The molecule has 2 rings (SSSR count). The maximum atomic E-state index is 5.89. The summed E-state index contributed by atoms with van der Waals surface area (Å²) in [4.78, 5) is 7.80. The van der Waals surface area contributed by atoms with E-state index in [1.165, 1.54) is 16.8 Å². The monoisotopic (exact) mass is 465 g/mol. The van der Waals surface area contributed by atoms with Gasteiger partial charge in [0.2, 0.25) is 0 Å². The number of thiocarbonyl (C=S) groups is 1. The van der Waals surface area contributed by atoms with Gasteiger partial charge in [-0.1, -0.05) is 73.8 Å². The number of benzene rings is 1. The molecule has 1 fully saturated rings. The van der Waals surface area contributed by atoms with E-state index in [0.717, 1.165) is 60.6 Å². The Balaban J connectivity index is 0.000000342. The van der Waals surface area contributed by atoms with Gasteiger partial charge in [-0.25, -0.2) is 0 Å². The van der Waals surface area contributed by atoms with E-state index in [0.29, 0.717) is 6.04 Å². The average Bonchev–Trinajstić information content (AvgIpc) is 2.77. The Kier molecular flexibility index (Phi) is 13.5. The van der Waals surface area contributed by atoms with Gasteiger partial charge in [0.25, 0.3) is 0 Å². The second-order valence-corrected chi connectivity index (χ2v) is 9.33. The molecule has 0 amide bonds. The van der Waals surface area contributed by atoms with Crippen molar-refractivity contribution >= 4 is 28.5 Å². The van der Waals surface area contributed by atoms with Gasteiger partial charge < -0.3 is 10.6 Å². The molecule has 0 atom stereocenters. The fourth-order valence-electron chi connectivity index (χ4n) is 3.62. The Bertz CT molecular complexity index is 897. The molecule has 1 aliphatic heterocycles. The lowest BCUT2D eigenvalue weighted by molar-refractivity contribution is 0.501. The first-order chi connectivity index (χ1) is 15.7. The van der Waals surface area contributed by atoms with E-state index in [1.807, 2.05) is 33.8 Å². The fraction of sp³-hybridized carbons (Fsp3) is 0.448. The Morgan fingerprint density at radius 3 is 2.36 bits per heavy atom. The Morgan fingerprint density at radius 2 is 1.85 bits per heavy atom. The van der Waals surface area contributed by atoms with Crippen LogP contribution in [0.3, 0.4) is 0 Å². The third kappa shape index (κ3) is 11.4. The van der Waals surface area contributed by atoms with E-state index in [1.54, 1.807) is 0 Å². The first-order valence-corrected chi connectivity index (χ1v) is 12.4. The van der Waals surface area contributed by atoms with Gasteiger partial charge in [-0.05, 0) is 71.1 Å². The van der Waals surface area contributed by atoms with Crippen molar-refractivity contribution in [3.63, 3.8) is 0 Å². The van der Waals surface area contributed by atoms with E-state index in [4.69, 9.17) is 18.0 Å². The lowest BCUT2D eigenvalue weighted by Crippen LogP contribution is -2.39. The molecule has 1 aromatic rings. The summed E-state index contributed by atoms with van der Waals surface area (Å²) < 4.78 is 0. The van der Waals surface area contributed by atoms with Crippen molar-refractivity contribution in [1.29, 1.82) is 0 Å². The van der Waals surface area contributed by atoms with Crippen LogP contribution >= 0.6 is 12.2 Å². The number of nitrogens with zero attached hydrogens (tertiary/aromatic N) is 2. The van der Waals surface area contributed by atoms with E-state index < -0.39 is 0 Å². The number of anilines is 1. The maximum Gasteiger partial charge on any atom is 0.0722 e. The zero-order valence-corrected chi connectivity index (χ0v) is 22.3. The molecule has 0 radical (unpaired) electrons. The minimum Gasteiger partial charge on any atom is -0.371 e. The highest BCUT2D eigenvalue weighted by Gasteiger charge is 2.16. The van der Waals surface area contributed by atoms with Gasteiger partial charge in [0, 0.05) is 41.8 Å². The van der Waals surface area contributed by atoms with Gasteiger partial charge in [0.1, 0.15) is 0 Å². The van der Waals surface area contributed by atoms with Crippen molar-refractivity contribution < 1.29 is 0 Å². The molecule has 0 aliphatic carbocycles. The first-order valence-electron chi connectivity index (χ1n) is 12.0. The number of aliphatic imine (C=N–C) groups is 1. The van der Waals surface area contributed by atoms with Crippen LogP contribution < -0.4 is 10.6 Å². The molecule has 1 aromatic carbocycles. The van der Waals surface area contributed by atoms with Crippen molar-refractivity contribution in [1.82, 2.24) is 0 Å². The highest BCUT2D eigenvalue weighted by atomic mass is 32.1. The Morgan fingerprint density at radius 1 is 1.21 bits per heavy atom. The molecule has 0 unspecified atom stereocenters. The Hall–Kier alpha value is -2.30. The van der Waals surface area contributed by atoms with Gasteiger partial charge in [-0.3, -0.25) is 4.99 Å². The zero-order valence-electron chi connectivity index (χ0n) is 21.5. The number of rotatable bonds is 8. The summed E-state index contributed by atoms with van der Waals surface area (Å²) in [6.45, 7) is 18.3. The van der Waals surface area contributed by atoms with Gasteiger partial charge in [0.15, 0.2) is 0 Å². The molecule has 0 saturated carbocycles. The number of hydrogen-bond acceptors (Lipinski definition) is 4. The van der Waals surface area contributed by atoms with Crippen LogP contribution in [-0.2, 0) is 0 Å². The summed E-state index contributed by atoms with van der Waals surface area (Å²) in [5.74, 6) is 0. The van der Waals surface area contributed by atoms with Crippen LogP contribution in [0.15, 0.2) is 77.0 Å². The standard InChI is InChI=1S/C17H25NS.C12H18N2/c1-7-16(12-13(3)4)11-9-10-14(5)18-17(8-2)15(6)19;1-10-4-2-3-5-12(10)14-8-6-11(13)7-9-14/h8-9,11-12H,3,7,10H2,1-2,4-6H3;2-5,11H,6-9,13H2,1H3/b11-9-,16-12-,17-8-,18-14?;. The summed E-state index contributed by atoms with van der Waals surface area (Å²) >= 11 is 5.14. The lowest BCUT2D eigenvalue weighted by Gasteiger charge is -2.33. The predicted molar refractivity (Wildman–Crippen MR) is 153 cm³/mol. The van der Waals surface area contributed by atoms with E-state index in [2.05, 4.69) is 72.8 Å². The second kappa shape index (κ2) is 15.5. The number of hydrogen-bond donors (Lipinski definition) is 1. The fourth-order valence-corrected chi connectivity index (χ4v) is 3.79. The van der Waals surface area contributed by atoms with E-state index in [-0.39, 0.29) is 0 Å². The van der Waals surface area contributed by atoms with Crippen LogP contribution in [0, 0.1) is 6.92 Å². The summed E-state index contributed by atoms with van der Waals surface area (Å²) in [6.07, 6.45) is 12.4. The molecule has 180 valence electrons. The van der Waals surface area contributed by atoms with Crippen LogP contribution in [-0.4, -0.2) is 29.7 Å². The van der Waals surface area contributed by atoms with Crippen LogP contribution in [0.2, 0.25) is 0 Å². The van der Waals surface area contributed by atoms with Crippen molar-refractivity contribution in [2.45, 2.75) is 73.3 Å². The molecule has 33 heavy (non-hydrogen) atoms. The molecular weight excluding hydrogens is 422 g/mol. The first kappa shape index (κ1) is 28.7.